The summed E-state index contributed by atoms with van der Waals surface area (Å²) in [5.74, 6) is 0.688. The van der Waals surface area contributed by atoms with Crippen molar-refractivity contribution in [3.8, 4) is 67.3 Å². The van der Waals surface area contributed by atoms with Crippen LogP contribution >= 0.6 is 0 Å². The Morgan fingerprint density at radius 3 is 1.75 bits per heavy atom. The third-order valence-corrected chi connectivity index (χ3v) is 11.8. The number of fused-ring (bicyclic) bond motifs is 6. The molecule has 0 N–H and O–H groups in total. The Balaban J connectivity index is 1.02. The van der Waals surface area contributed by atoms with Crippen molar-refractivity contribution in [2.24, 2.45) is 0 Å². The third kappa shape index (κ3) is 5.43. The zero-order valence-corrected chi connectivity index (χ0v) is 31.4. The maximum atomic E-state index is 6.43. The van der Waals surface area contributed by atoms with Crippen molar-refractivity contribution in [3.05, 3.63) is 217 Å². The van der Waals surface area contributed by atoms with Crippen LogP contribution in [0.4, 0.5) is 0 Å². The molecule has 0 saturated carbocycles. The molecule has 8 aromatic carbocycles. The minimum atomic E-state index is -0.228. The molecule has 0 bridgehead atoms. The van der Waals surface area contributed by atoms with E-state index in [1.165, 1.54) is 33.4 Å². The third-order valence-electron chi connectivity index (χ3n) is 11.8. The molecule has 57 heavy (non-hydrogen) atoms. The predicted molar refractivity (Wildman–Crippen MR) is 234 cm³/mol. The molecule has 0 amide bonds. The molecule has 0 spiro atoms. The number of para-hydroxylation sites is 2. The number of benzene rings is 8. The van der Waals surface area contributed by atoms with Gasteiger partial charge >= 0.3 is 0 Å². The number of hydrogen-bond acceptors (Lipinski definition) is 3. The van der Waals surface area contributed by atoms with Crippen LogP contribution in [0, 0.1) is 0 Å². The molecule has 268 valence electrons. The molecule has 3 nitrogen and oxygen atoms in total. The van der Waals surface area contributed by atoms with E-state index in [1.54, 1.807) is 0 Å². The Hall–Kier alpha value is -7.36. The zero-order valence-electron chi connectivity index (χ0n) is 31.4. The summed E-state index contributed by atoms with van der Waals surface area (Å²) < 4.78 is 6.43. The standard InChI is InChI=1S/C54H36N2O/c1-54(41-21-6-3-7-22-41)47-27-10-8-23-43(47)46-33-37(29-30-48(46)54)36-17-12-19-39(31-36)49-34-50(56-53(55-49)35-15-4-2-5-16-35)40-20-13-18-38(32-40)42-25-14-26-45-44-24-9-11-28-51(44)57-52(42)45/h2-34H,1H3. The Morgan fingerprint density at radius 1 is 0.386 bits per heavy atom. The fraction of sp³-hybridized carbons (Fsp3) is 0.0370. The molecule has 1 atom stereocenters. The van der Waals surface area contributed by atoms with E-state index in [4.69, 9.17) is 14.4 Å². The zero-order chi connectivity index (χ0) is 37.9. The lowest BCUT2D eigenvalue weighted by molar-refractivity contribution is 0.670. The van der Waals surface area contributed by atoms with Gasteiger partial charge in [0.2, 0.25) is 0 Å². The quantitative estimate of drug-likeness (QED) is 0.171. The molecule has 1 aliphatic carbocycles. The topological polar surface area (TPSA) is 38.9 Å². The Morgan fingerprint density at radius 2 is 0.947 bits per heavy atom. The van der Waals surface area contributed by atoms with E-state index in [2.05, 4.69) is 177 Å². The molecule has 11 rings (SSSR count). The molecule has 1 unspecified atom stereocenters. The van der Waals surface area contributed by atoms with Crippen LogP contribution < -0.4 is 0 Å². The highest BCUT2D eigenvalue weighted by Crippen LogP contribution is 2.53. The smallest absolute Gasteiger partial charge is 0.160 e. The van der Waals surface area contributed by atoms with Crippen molar-refractivity contribution in [3.63, 3.8) is 0 Å². The summed E-state index contributed by atoms with van der Waals surface area (Å²) in [6.07, 6.45) is 0. The van der Waals surface area contributed by atoms with E-state index in [0.717, 1.165) is 66.7 Å². The predicted octanol–water partition coefficient (Wildman–Crippen LogP) is 14.0. The van der Waals surface area contributed by atoms with Crippen LogP contribution in [-0.4, -0.2) is 9.97 Å². The van der Waals surface area contributed by atoms with Gasteiger partial charge in [-0.2, -0.15) is 0 Å². The second-order valence-corrected chi connectivity index (χ2v) is 15.1. The average molecular weight is 729 g/mol. The average Bonchev–Trinajstić information content (AvgIpc) is 3.80. The van der Waals surface area contributed by atoms with Crippen LogP contribution in [0.5, 0.6) is 0 Å². The number of hydrogen-bond donors (Lipinski definition) is 0. The molecular weight excluding hydrogens is 693 g/mol. The first-order valence-corrected chi connectivity index (χ1v) is 19.5. The number of nitrogens with zero attached hydrogens (tertiary/aromatic N) is 2. The monoisotopic (exact) mass is 728 g/mol. The second kappa shape index (κ2) is 13.1. The van der Waals surface area contributed by atoms with E-state index in [9.17, 15) is 0 Å². The van der Waals surface area contributed by atoms with Crippen LogP contribution in [0.2, 0.25) is 0 Å². The molecule has 2 heterocycles. The Labute approximate surface area is 331 Å². The van der Waals surface area contributed by atoms with Gasteiger partial charge in [-0.25, -0.2) is 9.97 Å². The Bertz CT molecular complexity index is 3140. The van der Waals surface area contributed by atoms with Gasteiger partial charge in [-0.3, -0.25) is 0 Å². The first-order chi connectivity index (χ1) is 28.1. The highest BCUT2D eigenvalue weighted by molar-refractivity contribution is 6.09. The van der Waals surface area contributed by atoms with E-state index in [-0.39, 0.29) is 5.41 Å². The van der Waals surface area contributed by atoms with E-state index in [0.29, 0.717) is 5.82 Å². The van der Waals surface area contributed by atoms with Gasteiger partial charge in [0.05, 0.1) is 11.4 Å². The summed E-state index contributed by atoms with van der Waals surface area (Å²) in [5.41, 5.74) is 17.3. The minimum absolute atomic E-state index is 0.228. The van der Waals surface area contributed by atoms with E-state index in [1.807, 2.05) is 30.3 Å². The summed E-state index contributed by atoms with van der Waals surface area (Å²) >= 11 is 0. The van der Waals surface area contributed by atoms with Crippen molar-refractivity contribution < 1.29 is 4.42 Å². The maximum absolute atomic E-state index is 6.43. The second-order valence-electron chi connectivity index (χ2n) is 15.1. The van der Waals surface area contributed by atoms with Crippen LogP contribution in [-0.2, 0) is 5.41 Å². The van der Waals surface area contributed by atoms with Crippen molar-refractivity contribution in [1.29, 1.82) is 0 Å². The molecular formula is C54H36N2O. The lowest BCUT2D eigenvalue weighted by atomic mass is 9.74. The summed E-state index contributed by atoms with van der Waals surface area (Å²) in [4.78, 5) is 10.4. The van der Waals surface area contributed by atoms with Gasteiger partial charge in [0, 0.05) is 38.4 Å². The number of rotatable bonds is 6. The lowest BCUT2D eigenvalue weighted by Gasteiger charge is -2.28. The van der Waals surface area contributed by atoms with Crippen LogP contribution in [0.15, 0.2) is 205 Å². The summed E-state index contributed by atoms with van der Waals surface area (Å²) in [7, 11) is 0. The lowest BCUT2D eigenvalue weighted by Crippen LogP contribution is -2.22. The van der Waals surface area contributed by atoms with E-state index >= 15 is 0 Å². The van der Waals surface area contributed by atoms with E-state index < -0.39 is 0 Å². The minimum Gasteiger partial charge on any atom is -0.455 e. The van der Waals surface area contributed by atoms with Crippen LogP contribution in [0.1, 0.15) is 23.6 Å². The SMILES string of the molecule is CC1(c2ccccc2)c2ccccc2-c2cc(-c3cccc(-c4cc(-c5cccc(-c6cccc7c6oc6ccccc67)c5)nc(-c5ccccc5)n4)c3)ccc21. The highest BCUT2D eigenvalue weighted by atomic mass is 16.3. The molecule has 10 aromatic rings. The van der Waals surface area contributed by atoms with Gasteiger partial charge in [0.15, 0.2) is 5.82 Å². The van der Waals surface area contributed by atoms with Gasteiger partial charge in [0.1, 0.15) is 11.2 Å². The van der Waals surface area contributed by atoms with Crippen LogP contribution in [0.3, 0.4) is 0 Å². The molecule has 0 radical (unpaired) electrons. The molecule has 0 aliphatic heterocycles. The van der Waals surface area contributed by atoms with Crippen molar-refractivity contribution in [1.82, 2.24) is 9.97 Å². The van der Waals surface area contributed by atoms with Crippen molar-refractivity contribution >= 4 is 21.9 Å². The van der Waals surface area contributed by atoms with Gasteiger partial charge in [-0.15, -0.1) is 0 Å². The maximum Gasteiger partial charge on any atom is 0.160 e. The Kier molecular flexibility index (Phi) is 7.61. The van der Waals surface area contributed by atoms with Gasteiger partial charge in [-0.05, 0) is 81.8 Å². The number of furan rings is 1. The van der Waals surface area contributed by atoms with Gasteiger partial charge in [0.25, 0.3) is 0 Å². The molecule has 0 fully saturated rings. The normalized spacial score (nSPS) is 14.5. The molecule has 1 aliphatic rings. The summed E-state index contributed by atoms with van der Waals surface area (Å²) in [6.45, 7) is 2.36. The summed E-state index contributed by atoms with van der Waals surface area (Å²) in [5, 5.41) is 2.23. The largest absolute Gasteiger partial charge is 0.455 e. The van der Waals surface area contributed by atoms with Crippen molar-refractivity contribution in [2.75, 3.05) is 0 Å². The molecule has 0 saturated heterocycles. The fourth-order valence-corrected chi connectivity index (χ4v) is 8.90. The number of aromatic nitrogens is 2. The first kappa shape index (κ1) is 33.0. The molecule has 3 heteroatoms. The fourth-order valence-electron chi connectivity index (χ4n) is 8.90. The molecule has 2 aromatic heterocycles. The summed E-state index contributed by atoms with van der Waals surface area (Å²) in [6, 6.07) is 71.0. The highest BCUT2D eigenvalue weighted by Gasteiger charge is 2.40. The van der Waals surface area contributed by atoms with Crippen LogP contribution in [0.25, 0.3) is 89.2 Å². The van der Waals surface area contributed by atoms with Gasteiger partial charge < -0.3 is 4.42 Å². The van der Waals surface area contributed by atoms with Gasteiger partial charge in [-0.1, -0.05) is 170 Å². The van der Waals surface area contributed by atoms with Crippen molar-refractivity contribution in [2.45, 2.75) is 12.3 Å². The first-order valence-electron chi connectivity index (χ1n) is 19.5.